The Bertz CT molecular complexity index is 638. The van der Waals surface area contributed by atoms with Gasteiger partial charge in [0, 0.05) is 31.9 Å². The normalized spacial score (nSPS) is 23.5. The minimum absolute atomic E-state index is 0.505. The third kappa shape index (κ3) is 2.30. The Morgan fingerprint density at radius 3 is 3.05 bits per heavy atom. The highest BCUT2D eigenvalue weighted by Crippen LogP contribution is 2.28. The molecule has 21 heavy (non-hydrogen) atoms. The van der Waals surface area contributed by atoms with Crippen molar-refractivity contribution in [2.45, 2.75) is 31.2 Å². The maximum atomic E-state index is 6.21. The molecule has 2 fully saturated rings. The monoisotopic (exact) mass is 304 g/mol. The van der Waals surface area contributed by atoms with Gasteiger partial charge in [0.25, 0.3) is 0 Å². The molecule has 2 aliphatic heterocycles. The topological polar surface area (TPSA) is 23.8 Å². The predicted molar refractivity (Wildman–Crippen MR) is 86.2 cm³/mol. The average molecular weight is 305 g/mol. The Hall–Kier alpha value is -1.26. The van der Waals surface area contributed by atoms with E-state index in [9.17, 15) is 0 Å². The highest BCUT2D eigenvalue weighted by Gasteiger charge is 2.31. The second-order valence-corrected chi connectivity index (χ2v) is 6.34. The van der Waals surface area contributed by atoms with E-state index in [-0.39, 0.29) is 0 Å². The summed E-state index contributed by atoms with van der Waals surface area (Å²) in [6.45, 7) is 4.57. The van der Waals surface area contributed by atoms with Crippen LogP contribution in [0, 0.1) is 0 Å². The van der Waals surface area contributed by atoms with E-state index < -0.39 is 0 Å². The fraction of sp³-hybridized carbons (Fsp3) is 0.562. The molecular weight excluding hydrogens is 284 g/mol. The molecule has 112 valence electrons. The van der Waals surface area contributed by atoms with E-state index in [2.05, 4.69) is 26.5 Å². The third-order valence-corrected chi connectivity index (χ3v) is 5.12. The molecule has 2 saturated heterocycles. The summed E-state index contributed by atoms with van der Waals surface area (Å²) in [6, 6.07) is 6.81. The number of alkyl halides is 1. The van der Waals surface area contributed by atoms with E-state index in [0.717, 1.165) is 36.8 Å². The van der Waals surface area contributed by atoms with Gasteiger partial charge < -0.3 is 9.30 Å². The predicted octanol–water partition coefficient (Wildman–Crippen LogP) is 2.75. The van der Waals surface area contributed by atoms with E-state index >= 15 is 0 Å². The molecule has 4 rings (SSSR count). The van der Waals surface area contributed by atoms with Gasteiger partial charge in [0.2, 0.25) is 0 Å². The summed E-state index contributed by atoms with van der Waals surface area (Å²) in [6.07, 6.45) is 6.10. The van der Waals surface area contributed by atoms with Crippen molar-refractivity contribution in [3.05, 3.63) is 30.1 Å². The molecule has 0 bridgehead atoms. The van der Waals surface area contributed by atoms with Crippen LogP contribution in [0.2, 0.25) is 0 Å². The molecule has 1 unspecified atom stereocenters. The van der Waals surface area contributed by atoms with Crippen molar-refractivity contribution >= 4 is 23.1 Å². The van der Waals surface area contributed by atoms with Crippen LogP contribution in [0.25, 0.3) is 5.65 Å². The Morgan fingerprint density at radius 1 is 1.19 bits per heavy atom. The van der Waals surface area contributed by atoms with Crippen molar-refractivity contribution in [2.24, 2.45) is 0 Å². The number of piperidine rings is 1. The first-order valence-electron chi connectivity index (χ1n) is 7.88. The van der Waals surface area contributed by atoms with E-state index in [0.29, 0.717) is 11.9 Å². The Labute approximate surface area is 130 Å². The summed E-state index contributed by atoms with van der Waals surface area (Å²) in [5, 5.41) is 0. The summed E-state index contributed by atoms with van der Waals surface area (Å²) in [5.41, 5.74) is 2.12. The van der Waals surface area contributed by atoms with Crippen molar-refractivity contribution in [2.75, 3.05) is 31.1 Å². The van der Waals surface area contributed by atoms with Crippen molar-refractivity contribution in [1.29, 1.82) is 0 Å². The van der Waals surface area contributed by atoms with Crippen LogP contribution in [0.1, 0.15) is 25.0 Å². The molecule has 4 heterocycles. The SMILES string of the molecule is ClCc1c(N2CCN3CCCCC3C2)nc2ccccn12. The summed E-state index contributed by atoms with van der Waals surface area (Å²) < 4.78 is 2.12. The van der Waals surface area contributed by atoms with Gasteiger partial charge >= 0.3 is 0 Å². The first-order valence-corrected chi connectivity index (χ1v) is 8.41. The fourth-order valence-corrected chi connectivity index (χ4v) is 4.01. The lowest BCUT2D eigenvalue weighted by molar-refractivity contribution is 0.133. The number of rotatable bonds is 2. The van der Waals surface area contributed by atoms with Crippen molar-refractivity contribution < 1.29 is 0 Å². The lowest BCUT2D eigenvalue weighted by atomic mass is 9.99. The van der Waals surface area contributed by atoms with Crippen molar-refractivity contribution in [1.82, 2.24) is 14.3 Å². The number of hydrogen-bond donors (Lipinski definition) is 0. The molecule has 2 aromatic heterocycles. The number of fused-ring (bicyclic) bond motifs is 2. The van der Waals surface area contributed by atoms with E-state index in [1.165, 1.54) is 25.8 Å². The van der Waals surface area contributed by atoms with Gasteiger partial charge in [-0.2, -0.15) is 0 Å². The zero-order valence-electron chi connectivity index (χ0n) is 12.2. The standard InChI is InChI=1S/C16H21ClN4/c17-11-14-16(18-15-6-2-4-8-21(14)15)20-10-9-19-7-3-1-5-13(19)12-20/h2,4,6,8,13H,1,3,5,7,9-12H2. The Balaban J connectivity index is 1.66. The van der Waals surface area contributed by atoms with Gasteiger partial charge in [-0.1, -0.05) is 12.5 Å². The fourth-order valence-electron chi connectivity index (χ4n) is 3.76. The van der Waals surface area contributed by atoms with Crippen LogP contribution < -0.4 is 4.90 Å². The second kappa shape index (κ2) is 5.50. The molecule has 0 radical (unpaired) electrons. The molecule has 0 amide bonds. The molecule has 1 atom stereocenters. The summed E-state index contributed by atoms with van der Waals surface area (Å²) >= 11 is 6.21. The molecule has 2 aliphatic rings. The molecule has 0 spiro atoms. The van der Waals surface area contributed by atoms with Crippen molar-refractivity contribution in [3.63, 3.8) is 0 Å². The highest BCUT2D eigenvalue weighted by molar-refractivity contribution is 6.17. The van der Waals surface area contributed by atoms with Crippen LogP contribution in [0.3, 0.4) is 0 Å². The largest absolute Gasteiger partial charge is 0.352 e. The summed E-state index contributed by atoms with van der Waals surface area (Å²) in [5.74, 6) is 1.59. The lowest BCUT2D eigenvalue weighted by Gasteiger charge is -2.44. The molecular formula is C16H21ClN4. The second-order valence-electron chi connectivity index (χ2n) is 6.08. The smallest absolute Gasteiger partial charge is 0.152 e. The van der Waals surface area contributed by atoms with Gasteiger partial charge in [0.05, 0.1) is 11.6 Å². The highest BCUT2D eigenvalue weighted by atomic mass is 35.5. The lowest BCUT2D eigenvalue weighted by Crippen LogP contribution is -2.55. The number of nitrogens with zero attached hydrogens (tertiary/aromatic N) is 4. The van der Waals surface area contributed by atoms with Crippen LogP contribution in [0.4, 0.5) is 5.82 Å². The minimum Gasteiger partial charge on any atom is -0.352 e. The zero-order valence-corrected chi connectivity index (χ0v) is 13.0. The van der Waals surface area contributed by atoms with Gasteiger partial charge in [0.15, 0.2) is 5.82 Å². The van der Waals surface area contributed by atoms with Crippen LogP contribution in [-0.4, -0.2) is 46.5 Å². The van der Waals surface area contributed by atoms with E-state index in [1.54, 1.807) is 0 Å². The molecule has 0 aliphatic carbocycles. The molecule has 0 aromatic carbocycles. The van der Waals surface area contributed by atoms with Gasteiger partial charge in [-0.05, 0) is 31.5 Å². The van der Waals surface area contributed by atoms with Crippen LogP contribution in [0.5, 0.6) is 0 Å². The minimum atomic E-state index is 0.505. The number of aromatic nitrogens is 2. The van der Waals surface area contributed by atoms with Gasteiger partial charge in [-0.25, -0.2) is 4.98 Å². The first-order chi connectivity index (χ1) is 10.4. The van der Waals surface area contributed by atoms with Gasteiger partial charge in [-0.3, -0.25) is 4.90 Å². The van der Waals surface area contributed by atoms with E-state index in [1.807, 2.05) is 12.1 Å². The number of pyridine rings is 1. The van der Waals surface area contributed by atoms with Crippen molar-refractivity contribution in [3.8, 4) is 0 Å². The number of hydrogen-bond acceptors (Lipinski definition) is 3. The Morgan fingerprint density at radius 2 is 2.14 bits per heavy atom. The van der Waals surface area contributed by atoms with Crippen LogP contribution >= 0.6 is 11.6 Å². The van der Waals surface area contributed by atoms with E-state index in [4.69, 9.17) is 16.6 Å². The maximum Gasteiger partial charge on any atom is 0.152 e. The molecule has 5 heteroatoms. The van der Waals surface area contributed by atoms with Crippen LogP contribution in [0.15, 0.2) is 24.4 Å². The Kier molecular flexibility index (Phi) is 3.51. The summed E-state index contributed by atoms with van der Waals surface area (Å²) in [4.78, 5) is 9.92. The van der Waals surface area contributed by atoms with Gasteiger partial charge in [0.1, 0.15) is 5.65 Å². The van der Waals surface area contributed by atoms with Crippen LogP contribution in [-0.2, 0) is 5.88 Å². The molecule has 0 saturated carbocycles. The average Bonchev–Trinajstić information content (AvgIpc) is 2.93. The van der Waals surface area contributed by atoms with Gasteiger partial charge in [-0.15, -0.1) is 11.6 Å². The number of anilines is 1. The molecule has 2 aromatic rings. The number of halogens is 1. The quantitative estimate of drug-likeness (QED) is 0.797. The third-order valence-electron chi connectivity index (χ3n) is 4.87. The first kappa shape index (κ1) is 13.4. The summed E-state index contributed by atoms with van der Waals surface area (Å²) in [7, 11) is 0. The maximum absolute atomic E-state index is 6.21. The molecule has 0 N–H and O–H groups in total. The number of piperazine rings is 1. The zero-order chi connectivity index (χ0) is 14.2. The molecule has 4 nitrogen and oxygen atoms in total. The number of imidazole rings is 1.